The fraction of sp³-hybridized carbons (Fsp3) is 0.364. The van der Waals surface area contributed by atoms with Crippen LogP contribution in [0.3, 0.4) is 0 Å². The van der Waals surface area contributed by atoms with Crippen molar-refractivity contribution in [2.75, 3.05) is 32.1 Å². The minimum Gasteiger partial charge on any atom is -0.497 e. The zero-order valence-corrected chi connectivity index (χ0v) is 20.0. The van der Waals surface area contributed by atoms with Gasteiger partial charge < -0.3 is 19.7 Å². The summed E-state index contributed by atoms with van der Waals surface area (Å²) in [4.78, 5) is 28.1. The Morgan fingerprint density at radius 1 is 1.20 bits per heavy atom. The van der Waals surface area contributed by atoms with E-state index in [0.29, 0.717) is 13.1 Å². The van der Waals surface area contributed by atoms with Gasteiger partial charge in [0, 0.05) is 24.9 Å². The monoisotopic (exact) mass is 494 g/mol. The fourth-order valence-electron chi connectivity index (χ4n) is 3.32. The van der Waals surface area contributed by atoms with Gasteiger partial charge in [-0.3, -0.25) is 9.59 Å². The first-order chi connectivity index (χ1) is 13.9. The van der Waals surface area contributed by atoms with E-state index in [-0.39, 0.29) is 28.1 Å². The Kier molecular flexibility index (Phi) is 8.76. The highest BCUT2D eigenvalue weighted by molar-refractivity contribution is 8.93. The van der Waals surface area contributed by atoms with Crippen LogP contribution >= 0.6 is 28.7 Å². The van der Waals surface area contributed by atoms with E-state index in [4.69, 9.17) is 9.47 Å². The van der Waals surface area contributed by atoms with E-state index in [2.05, 4.69) is 11.4 Å². The summed E-state index contributed by atoms with van der Waals surface area (Å²) in [6.45, 7) is 4.48. The number of hydrogen-bond donors (Lipinski definition) is 1. The molecule has 1 heterocycles. The van der Waals surface area contributed by atoms with Crippen molar-refractivity contribution >= 4 is 46.3 Å². The highest BCUT2D eigenvalue weighted by Gasteiger charge is 2.40. The van der Waals surface area contributed by atoms with E-state index in [1.807, 2.05) is 50.4 Å². The molecule has 2 unspecified atom stereocenters. The molecule has 0 saturated carbocycles. The molecule has 0 saturated heterocycles. The third-order valence-corrected chi connectivity index (χ3v) is 6.12. The van der Waals surface area contributed by atoms with E-state index in [0.717, 1.165) is 27.5 Å². The summed E-state index contributed by atoms with van der Waals surface area (Å²) in [5.41, 5.74) is 2.85. The number of nitrogens with one attached hydrogen (secondary N) is 1. The maximum Gasteiger partial charge on any atom is 0.303 e. The number of halogens is 1. The summed E-state index contributed by atoms with van der Waals surface area (Å²) in [6.07, 6.45) is -0.921. The van der Waals surface area contributed by atoms with Crippen LogP contribution in [0.2, 0.25) is 0 Å². The Bertz CT molecular complexity index is 891. The zero-order valence-electron chi connectivity index (χ0n) is 17.5. The molecule has 0 aliphatic carbocycles. The molecule has 1 N–H and O–H groups in total. The number of likely N-dealkylation sites (N-methyl/N-ethyl adjacent to an activating group) is 1. The Hall–Kier alpha value is -2.03. The van der Waals surface area contributed by atoms with Crippen molar-refractivity contribution < 1.29 is 19.1 Å². The number of aryl methyl sites for hydroxylation is 1. The van der Waals surface area contributed by atoms with Crippen LogP contribution < -0.4 is 15.0 Å². The molecular weight excluding hydrogens is 468 g/mol. The number of ether oxygens (including phenoxy) is 2. The highest BCUT2D eigenvalue weighted by Crippen LogP contribution is 2.47. The third kappa shape index (κ3) is 5.36. The number of amides is 1. The van der Waals surface area contributed by atoms with Gasteiger partial charge in [-0.1, -0.05) is 18.2 Å². The van der Waals surface area contributed by atoms with E-state index in [1.165, 1.54) is 6.92 Å². The van der Waals surface area contributed by atoms with Gasteiger partial charge in [-0.2, -0.15) is 0 Å². The van der Waals surface area contributed by atoms with Crippen molar-refractivity contribution in [3.63, 3.8) is 0 Å². The van der Waals surface area contributed by atoms with Gasteiger partial charge in [0.15, 0.2) is 6.10 Å². The number of anilines is 1. The van der Waals surface area contributed by atoms with E-state index in [1.54, 1.807) is 23.8 Å². The van der Waals surface area contributed by atoms with Gasteiger partial charge in [-0.05, 0) is 49.4 Å². The molecule has 0 bridgehead atoms. The number of hydrogen-bond acceptors (Lipinski definition) is 6. The molecule has 6 nitrogen and oxygen atoms in total. The second kappa shape index (κ2) is 10.8. The van der Waals surface area contributed by atoms with Crippen LogP contribution in [-0.2, 0) is 14.3 Å². The molecule has 0 aromatic heterocycles. The molecule has 0 spiro atoms. The lowest BCUT2D eigenvalue weighted by atomic mass is 10.1. The maximum absolute atomic E-state index is 13.5. The molecule has 0 fully saturated rings. The number of carbonyl (C=O) groups excluding carboxylic acids is 2. The molecule has 1 amide bonds. The first-order valence-electron chi connectivity index (χ1n) is 9.49. The van der Waals surface area contributed by atoms with Crippen LogP contribution in [0, 0.1) is 6.92 Å². The molecule has 0 radical (unpaired) electrons. The second-order valence-electron chi connectivity index (χ2n) is 6.91. The Morgan fingerprint density at radius 2 is 1.90 bits per heavy atom. The summed E-state index contributed by atoms with van der Waals surface area (Å²) in [5.74, 6) is 0.0409. The van der Waals surface area contributed by atoms with Gasteiger partial charge in [-0.15, -0.1) is 28.7 Å². The Labute approximate surface area is 192 Å². The summed E-state index contributed by atoms with van der Waals surface area (Å²) in [7, 11) is 3.45. The molecule has 2 aromatic carbocycles. The quantitative estimate of drug-likeness (QED) is 0.613. The predicted octanol–water partition coefficient (Wildman–Crippen LogP) is 3.91. The number of rotatable bonds is 6. The highest BCUT2D eigenvalue weighted by atomic mass is 79.9. The zero-order chi connectivity index (χ0) is 21.0. The first-order valence-corrected chi connectivity index (χ1v) is 10.4. The number of benzene rings is 2. The third-order valence-electron chi connectivity index (χ3n) is 4.77. The number of methoxy groups -OCH3 is 1. The Balaban J connectivity index is 0.00000320. The normalized spacial score (nSPS) is 18.1. The molecule has 1 aliphatic rings. The van der Waals surface area contributed by atoms with E-state index >= 15 is 0 Å². The van der Waals surface area contributed by atoms with Crippen LogP contribution in [0.25, 0.3) is 0 Å². The smallest absolute Gasteiger partial charge is 0.303 e. The minimum absolute atomic E-state index is 0. The van der Waals surface area contributed by atoms with Crippen LogP contribution in [0.15, 0.2) is 47.4 Å². The summed E-state index contributed by atoms with van der Waals surface area (Å²) in [6, 6.07) is 13.6. The molecule has 2 atom stereocenters. The number of thioether (sulfide) groups is 1. The lowest BCUT2D eigenvalue weighted by molar-refractivity contribution is -0.152. The number of nitrogens with zero attached hydrogens (tertiary/aromatic N) is 1. The number of esters is 1. The topological polar surface area (TPSA) is 67.9 Å². The van der Waals surface area contributed by atoms with Gasteiger partial charge in [0.2, 0.25) is 0 Å². The van der Waals surface area contributed by atoms with E-state index in [9.17, 15) is 9.59 Å². The van der Waals surface area contributed by atoms with Crippen LogP contribution in [0.1, 0.15) is 23.3 Å². The van der Waals surface area contributed by atoms with Crippen molar-refractivity contribution in [3.8, 4) is 5.75 Å². The average molecular weight is 495 g/mol. The molecule has 30 heavy (non-hydrogen) atoms. The average Bonchev–Trinajstić information content (AvgIpc) is 2.81. The predicted molar refractivity (Wildman–Crippen MR) is 125 cm³/mol. The molecule has 2 aromatic rings. The van der Waals surface area contributed by atoms with Gasteiger partial charge in [0.05, 0.1) is 18.0 Å². The number of fused-ring (bicyclic) bond motifs is 1. The second-order valence-corrected chi connectivity index (χ2v) is 8.09. The van der Waals surface area contributed by atoms with Crippen LogP contribution in [-0.4, -0.2) is 45.2 Å². The number of carbonyl (C=O) groups is 2. The summed E-state index contributed by atoms with van der Waals surface area (Å²) in [5, 5.41) is 2.72. The molecule has 1 aliphatic heterocycles. The van der Waals surface area contributed by atoms with Gasteiger partial charge in [-0.25, -0.2) is 0 Å². The lowest BCUT2D eigenvalue weighted by Crippen LogP contribution is -2.45. The van der Waals surface area contributed by atoms with Gasteiger partial charge >= 0.3 is 5.97 Å². The Morgan fingerprint density at radius 3 is 2.50 bits per heavy atom. The molecular formula is C22H27BrN2O4S. The van der Waals surface area contributed by atoms with E-state index < -0.39 is 12.1 Å². The molecule has 3 rings (SSSR count). The molecule has 8 heteroatoms. The minimum atomic E-state index is -0.921. The van der Waals surface area contributed by atoms with Crippen molar-refractivity contribution in [2.45, 2.75) is 30.1 Å². The first kappa shape index (κ1) is 24.2. The van der Waals surface area contributed by atoms with Crippen LogP contribution in [0.5, 0.6) is 5.75 Å². The van der Waals surface area contributed by atoms with Crippen LogP contribution in [0.4, 0.5) is 5.69 Å². The standard InChI is InChI=1S/C22H26N2O4S.BrH/c1-14-5-10-18-19(13-14)29-21(16-6-8-17(27-4)9-7-16)20(28-15(2)25)22(26)24(18)12-11-23-3;/h5-10,13,20-21,23H,11-12H2,1-4H3;1H. The van der Waals surface area contributed by atoms with Crippen molar-refractivity contribution in [2.24, 2.45) is 0 Å². The maximum atomic E-state index is 13.5. The lowest BCUT2D eigenvalue weighted by Gasteiger charge is -2.27. The van der Waals surface area contributed by atoms with Gasteiger partial charge in [0.1, 0.15) is 5.75 Å². The van der Waals surface area contributed by atoms with Gasteiger partial charge in [0.25, 0.3) is 5.91 Å². The van der Waals surface area contributed by atoms with Crippen molar-refractivity contribution in [1.29, 1.82) is 0 Å². The summed E-state index contributed by atoms with van der Waals surface area (Å²) >= 11 is 1.55. The fourth-order valence-corrected chi connectivity index (χ4v) is 4.74. The van der Waals surface area contributed by atoms with Crippen molar-refractivity contribution in [3.05, 3.63) is 53.6 Å². The molecule has 162 valence electrons. The van der Waals surface area contributed by atoms with Crippen molar-refractivity contribution in [1.82, 2.24) is 5.32 Å². The summed E-state index contributed by atoms with van der Waals surface area (Å²) < 4.78 is 10.8. The largest absolute Gasteiger partial charge is 0.497 e. The SMILES string of the molecule is Br.CNCCN1C(=O)C(OC(C)=O)C(c2ccc(OC)cc2)Sc2cc(C)ccc21.